The molecule has 2 bridgehead atoms. The summed E-state index contributed by atoms with van der Waals surface area (Å²) < 4.78 is 6.19. The van der Waals surface area contributed by atoms with Gasteiger partial charge in [-0.1, -0.05) is 36.7 Å². The van der Waals surface area contributed by atoms with Crippen LogP contribution < -0.4 is 4.90 Å². The summed E-state index contributed by atoms with van der Waals surface area (Å²) in [5.74, 6) is -3.95. The van der Waals surface area contributed by atoms with Crippen molar-refractivity contribution in [3.8, 4) is 0 Å². The third-order valence-corrected chi connectivity index (χ3v) is 7.37. The van der Waals surface area contributed by atoms with Gasteiger partial charge in [0, 0.05) is 6.54 Å². The zero-order valence-electron chi connectivity index (χ0n) is 17.8. The van der Waals surface area contributed by atoms with Crippen LogP contribution in [0.5, 0.6) is 0 Å². The van der Waals surface area contributed by atoms with Gasteiger partial charge >= 0.3 is 5.97 Å². The lowest BCUT2D eigenvalue weighted by Gasteiger charge is -2.39. The zero-order chi connectivity index (χ0) is 23.2. The van der Waals surface area contributed by atoms with Crippen molar-refractivity contribution in [3.63, 3.8) is 0 Å². The molecule has 0 aliphatic carbocycles. The lowest BCUT2D eigenvalue weighted by atomic mass is 9.70. The molecule has 2 N–H and O–H groups in total. The molecule has 2 amide bonds. The summed E-state index contributed by atoms with van der Waals surface area (Å²) in [4.78, 5) is 42.6. The van der Waals surface area contributed by atoms with Gasteiger partial charge in [-0.3, -0.25) is 14.4 Å². The first kappa shape index (κ1) is 22.8. The summed E-state index contributed by atoms with van der Waals surface area (Å²) in [6, 6.07) is 5.17. The van der Waals surface area contributed by atoms with Crippen LogP contribution in [0, 0.1) is 11.8 Å². The Hall–Kier alpha value is -2.42. The van der Waals surface area contributed by atoms with Crippen molar-refractivity contribution in [3.05, 3.63) is 41.9 Å². The van der Waals surface area contributed by atoms with E-state index in [1.165, 1.54) is 9.80 Å². The van der Waals surface area contributed by atoms with Gasteiger partial charge in [-0.25, -0.2) is 0 Å². The van der Waals surface area contributed by atoms with E-state index in [1.54, 1.807) is 30.3 Å². The molecule has 0 aromatic heterocycles. The molecule has 0 unspecified atom stereocenters. The first-order valence-electron chi connectivity index (χ1n) is 10.8. The molecule has 1 spiro atoms. The molecule has 172 valence electrons. The predicted molar refractivity (Wildman–Crippen MR) is 117 cm³/mol. The number of aliphatic hydroxyl groups excluding tert-OH is 1. The summed E-state index contributed by atoms with van der Waals surface area (Å²) in [7, 11) is 0. The fourth-order valence-corrected chi connectivity index (χ4v) is 5.95. The van der Waals surface area contributed by atoms with E-state index in [1.807, 2.05) is 6.92 Å². The molecule has 9 heteroatoms. The second kappa shape index (κ2) is 8.50. The van der Waals surface area contributed by atoms with E-state index >= 15 is 0 Å². The van der Waals surface area contributed by atoms with Crippen LogP contribution in [0.25, 0.3) is 0 Å². The molecule has 4 rings (SSSR count). The number of ether oxygens (including phenoxy) is 1. The topological polar surface area (TPSA) is 107 Å². The Balaban J connectivity index is 1.84. The van der Waals surface area contributed by atoms with Crippen LogP contribution in [-0.2, 0) is 19.1 Å². The van der Waals surface area contributed by atoms with Crippen molar-refractivity contribution in [2.24, 2.45) is 11.8 Å². The van der Waals surface area contributed by atoms with Gasteiger partial charge in [0.25, 0.3) is 5.91 Å². The molecule has 32 heavy (non-hydrogen) atoms. The average Bonchev–Trinajstić information content (AvgIpc) is 3.41. The summed E-state index contributed by atoms with van der Waals surface area (Å²) in [5.41, 5.74) is -0.781. The Morgan fingerprint density at radius 2 is 2.16 bits per heavy atom. The molecule has 6 atom stereocenters. The van der Waals surface area contributed by atoms with Gasteiger partial charge in [0.1, 0.15) is 11.6 Å². The second-order valence-electron chi connectivity index (χ2n) is 8.57. The van der Waals surface area contributed by atoms with Crippen molar-refractivity contribution in [2.45, 2.75) is 50.0 Å². The van der Waals surface area contributed by atoms with Crippen molar-refractivity contribution < 1.29 is 29.3 Å². The lowest BCUT2D eigenvalue weighted by molar-refractivity contribution is -0.151. The molecule has 1 aromatic carbocycles. The minimum atomic E-state index is -1.24. The Bertz CT molecular complexity index is 950. The average molecular weight is 463 g/mol. The zero-order valence-corrected chi connectivity index (χ0v) is 18.6. The van der Waals surface area contributed by atoms with Crippen LogP contribution in [0.1, 0.15) is 26.2 Å². The quantitative estimate of drug-likeness (QED) is 0.573. The van der Waals surface area contributed by atoms with Gasteiger partial charge in [0.15, 0.2) is 0 Å². The highest BCUT2D eigenvalue weighted by Gasteiger charge is 2.75. The minimum absolute atomic E-state index is 0.142. The third kappa shape index (κ3) is 3.16. The van der Waals surface area contributed by atoms with Crippen LogP contribution in [-0.4, -0.2) is 69.8 Å². The molecule has 8 nitrogen and oxygen atoms in total. The monoisotopic (exact) mass is 462 g/mol. The molecule has 0 saturated carbocycles. The molecule has 3 heterocycles. The number of hydrogen-bond acceptors (Lipinski definition) is 5. The number of nitrogens with zero attached hydrogens (tertiary/aromatic N) is 2. The van der Waals surface area contributed by atoms with E-state index in [4.69, 9.17) is 16.3 Å². The number of carbonyl (C=O) groups is 3. The SMILES string of the molecule is C=CCN(C(=O)[C@@H]1N([C@@H](CC)CO)C(=O)[C@H]2[C@H](C(=O)O)[C@@H]3CC[C@]12O3)c1ccccc1Cl. The van der Waals surface area contributed by atoms with Crippen LogP contribution in [0.4, 0.5) is 5.69 Å². The number of benzene rings is 1. The van der Waals surface area contributed by atoms with E-state index in [-0.39, 0.29) is 13.2 Å². The standard InChI is InChI=1S/C23H27ClN2O6/c1-3-11-25(15-8-6-5-7-14(15)24)21(29)19-23-10-9-16(32-23)17(22(30)31)18(23)20(28)26(19)13(4-2)12-27/h3,5-8,13,16-19,27H,1,4,9-12H2,2H3,(H,30,31)/t13-,16-,17+,18+,19-,23+/m0/s1. The molecule has 0 radical (unpaired) electrons. The molecule has 3 aliphatic heterocycles. The molecule has 3 aliphatic rings. The predicted octanol–water partition coefficient (Wildman–Crippen LogP) is 2.09. The number of amides is 2. The smallest absolute Gasteiger partial charge is 0.310 e. The van der Waals surface area contributed by atoms with E-state index in [0.717, 1.165) is 0 Å². The Morgan fingerprint density at radius 3 is 2.75 bits per heavy atom. The molecule has 3 saturated heterocycles. The van der Waals surface area contributed by atoms with Gasteiger partial charge < -0.3 is 24.7 Å². The maximum absolute atomic E-state index is 14.1. The highest BCUT2D eigenvalue weighted by Crippen LogP contribution is 2.59. The van der Waals surface area contributed by atoms with Crippen molar-refractivity contribution in [2.75, 3.05) is 18.1 Å². The number of aliphatic hydroxyl groups is 1. The van der Waals surface area contributed by atoms with Crippen molar-refractivity contribution in [1.29, 1.82) is 0 Å². The Morgan fingerprint density at radius 1 is 1.44 bits per heavy atom. The highest BCUT2D eigenvalue weighted by atomic mass is 35.5. The third-order valence-electron chi connectivity index (χ3n) is 7.05. The van der Waals surface area contributed by atoms with E-state index in [0.29, 0.717) is 30.0 Å². The maximum atomic E-state index is 14.1. The highest BCUT2D eigenvalue weighted by molar-refractivity contribution is 6.34. The number of carbonyl (C=O) groups excluding carboxylic acids is 2. The van der Waals surface area contributed by atoms with Crippen LogP contribution >= 0.6 is 11.6 Å². The summed E-state index contributed by atoms with van der Waals surface area (Å²) >= 11 is 6.38. The van der Waals surface area contributed by atoms with Crippen LogP contribution in [0.3, 0.4) is 0 Å². The fraction of sp³-hybridized carbons (Fsp3) is 0.522. The van der Waals surface area contributed by atoms with E-state index in [2.05, 4.69) is 6.58 Å². The van der Waals surface area contributed by atoms with Crippen molar-refractivity contribution in [1.82, 2.24) is 4.90 Å². The van der Waals surface area contributed by atoms with E-state index < -0.39 is 53.4 Å². The molecule has 3 fully saturated rings. The number of anilines is 1. The van der Waals surface area contributed by atoms with Gasteiger partial charge in [0.05, 0.1) is 41.3 Å². The number of hydrogen-bond donors (Lipinski definition) is 2. The van der Waals surface area contributed by atoms with Crippen LogP contribution in [0.2, 0.25) is 5.02 Å². The van der Waals surface area contributed by atoms with Gasteiger partial charge in [-0.15, -0.1) is 6.58 Å². The van der Waals surface area contributed by atoms with Gasteiger partial charge in [-0.05, 0) is 31.4 Å². The first-order chi connectivity index (χ1) is 15.3. The largest absolute Gasteiger partial charge is 0.481 e. The van der Waals surface area contributed by atoms with E-state index in [9.17, 15) is 24.6 Å². The number of halogens is 1. The summed E-state index contributed by atoms with van der Waals surface area (Å²) in [6.07, 6.45) is 2.22. The lowest BCUT2D eigenvalue weighted by Crippen LogP contribution is -2.59. The number of carboxylic acid groups (broad SMARTS) is 1. The van der Waals surface area contributed by atoms with Crippen LogP contribution in [0.15, 0.2) is 36.9 Å². The summed E-state index contributed by atoms with van der Waals surface area (Å²) in [5, 5.41) is 20.2. The summed E-state index contributed by atoms with van der Waals surface area (Å²) in [6.45, 7) is 5.36. The molecular formula is C23H27ClN2O6. The maximum Gasteiger partial charge on any atom is 0.310 e. The number of para-hydroxylation sites is 1. The fourth-order valence-electron chi connectivity index (χ4n) is 5.71. The number of rotatable bonds is 8. The van der Waals surface area contributed by atoms with Gasteiger partial charge in [0.2, 0.25) is 5.91 Å². The normalized spacial score (nSPS) is 31.5. The van der Waals surface area contributed by atoms with Crippen molar-refractivity contribution >= 4 is 35.1 Å². The number of fused-ring (bicyclic) bond motifs is 1. The number of likely N-dealkylation sites (tertiary alicyclic amines) is 1. The minimum Gasteiger partial charge on any atom is -0.481 e. The number of carboxylic acids is 1. The first-order valence-corrected chi connectivity index (χ1v) is 11.2. The second-order valence-corrected chi connectivity index (χ2v) is 8.98. The Kier molecular flexibility index (Phi) is 6.04. The molecule has 1 aromatic rings. The van der Waals surface area contributed by atoms with Gasteiger partial charge in [-0.2, -0.15) is 0 Å². The molecular weight excluding hydrogens is 436 g/mol. The number of aliphatic carboxylic acids is 1. The Labute approximate surface area is 191 Å².